The molecule has 7 heteroatoms. The molecule has 2 heterocycles. The molecule has 0 spiro atoms. The maximum atomic E-state index is 14.2. The fraction of sp³-hybridized carbons (Fsp3) is 0.545. The van der Waals surface area contributed by atoms with E-state index in [4.69, 9.17) is 14.9 Å². The summed E-state index contributed by atoms with van der Waals surface area (Å²) < 4.78 is 20.8. The second kappa shape index (κ2) is 5.08. The summed E-state index contributed by atoms with van der Waals surface area (Å²) in [5.41, 5.74) is -2.17. The van der Waals surface area contributed by atoms with Gasteiger partial charge in [-0.25, -0.2) is 4.39 Å². The Bertz CT molecular complexity index is 498. The van der Waals surface area contributed by atoms with Crippen molar-refractivity contribution in [1.82, 2.24) is 4.57 Å². The first kappa shape index (κ1) is 13.7. The minimum absolute atomic E-state index is 0.00554. The molecule has 0 aromatic carbocycles. The lowest BCUT2D eigenvalue weighted by molar-refractivity contribution is -0.136. The van der Waals surface area contributed by atoms with Gasteiger partial charge in [0, 0.05) is 23.6 Å². The van der Waals surface area contributed by atoms with Gasteiger partial charge in [0.15, 0.2) is 12.0 Å². The number of hydrogen-bond donors (Lipinski definition) is 2. The van der Waals surface area contributed by atoms with Gasteiger partial charge in [-0.15, -0.1) is 0 Å². The predicted molar refractivity (Wildman–Crippen MR) is 64.8 cm³/mol. The van der Waals surface area contributed by atoms with Gasteiger partial charge in [-0.05, 0) is 22.0 Å². The van der Waals surface area contributed by atoms with Crippen LogP contribution in [0.15, 0.2) is 21.5 Å². The Morgan fingerprint density at radius 1 is 1.56 bits per heavy atom. The fourth-order valence-corrected chi connectivity index (χ4v) is 2.25. The molecule has 2 N–H and O–H groups in total. The minimum Gasteiger partial charge on any atom is -0.374 e. The number of halogens is 2. The normalized spacial score (nSPS) is 17.8. The predicted octanol–water partition coefficient (Wildman–Crippen LogP) is 0.507. The molecule has 1 aliphatic rings. The Morgan fingerprint density at radius 2 is 2.22 bits per heavy atom. The number of ether oxygens (including phenoxy) is 1. The maximum Gasteiger partial charge on any atom is 0.257 e. The van der Waals surface area contributed by atoms with Gasteiger partial charge in [-0.1, -0.05) is 0 Å². The fourth-order valence-electron chi connectivity index (χ4n) is 1.78. The third-order valence-corrected chi connectivity index (χ3v) is 3.26. The number of pyridine rings is 1. The molecule has 100 valence electrons. The number of rotatable bonds is 4. The molecule has 1 fully saturated rings. The summed E-state index contributed by atoms with van der Waals surface area (Å²) in [6.07, 6.45) is 0.00794. The van der Waals surface area contributed by atoms with E-state index < -0.39 is 17.5 Å². The zero-order valence-electron chi connectivity index (χ0n) is 9.47. The number of nitrogens with zero attached hydrogens (tertiary/aromatic N) is 1. The molecular formula is C11H13BrFNO4. The molecule has 1 saturated heterocycles. The third kappa shape index (κ3) is 2.64. The Balaban J connectivity index is 2.34. The summed E-state index contributed by atoms with van der Waals surface area (Å²) in [4.78, 5) is 12.1. The molecule has 0 radical (unpaired) electrons. The average molecular weight is 322 g/mol. The second-order valence-corrected chi connectivity index (χ2v) is 5.21. The second-order valence-electron chi connectivity index (χ2n) is 4.30. The van der Waals surface area contributed by atoms with Gasteiger partial charge in [-0.3, -0.25) is 4.79 Å². The van der Waals surface area contributed by atoms with Crippen molar-refractivity contribution in [2.45, 2.75) is 24.9 Å². The summed E-state index contributed by atoms with van der Waals surface area (Å²) in [6, 6.07) is 1.44. The largest absolute Gasteiger partial charge is 0.374 e. The van der Waals surface area contributed by atoms with E-state index in [2.05, 4.69) is 15.9 Å². The Morgan fingerprint density at radius 3 is 2.72 bits per heavy atom. The lowest BCUT2D eigenvalue weighted by Gasteiger charge is -2.33. The van der Waals surface area contributed by atoms with E-state index in [1.807, 2.05) is 0 Å². The lowest BCUT2D eigenvalue weighted by Crippen LogP contribution is -2.47. The number of hydrogen-bond acceptors (Lipinski definition) is 4. The van der Waals surface area contributed by atoms with Gasteiger partial charge in [-0.2, -0.15) is 0 Å². The highest BCUT2D eigenvalue weighted by Crippen LogP contribution is 2.32. The first-order valence-electron chi connectivity index (χ1n) is 5.46. The number of aliphatic hydroxyl groups excluding tert-OH is 1. The highest BCUT2D eigenvalue weighted by atomic mass is 79.9. The van der Waals surface area contributed by atoms with Gasteiger partial charge in [0.1, 0.15) is 0 Å². The van der Waals surface area contributed by atoms with E-state index >= 15 is 0 Å². The maximum absolute atomic E-state index is 14.2. The highest BCUT2D eigenvalue weighted by molar-refractivity contribution is 9.10. The molecule has 0 atom stereocenters. The number of aryl methyl sites for hydroxylation is 1. The smallest absolute Gasteiger partial charge is 0.257 e. The zero-order chi connectivity index (χ0) is 13.3. The van der Waals surface area contributed by atoms with Crippen molar-refractivity contribution in [3.05, 3.63) is 32.7 Å². The summed E-state index contributed by atoms with van der Waals surface area (Å²) in [5.74, 6) is 0. The molecule has 18 heavy (non-hydrogen) atoms. The Kier molecular flexibility index (Phi) is 3.86. The molecule has 0 bridgehead atoms. The first-order valence-corrected chi connectivity index (χ1v) is 6.25. The van der Waals surface area contributed by atoms with Crippen molar-refractivity contribution >= 4 is 15.9 Å². The first-order chi connectivity index (χ1) is 8.42. The van der Waals surface area contributed by atoms with E-state index in [9.17, 15) is 9.18 Å². The van der Waals surface area contributed by atoms with E-state index in [0.717, 1.165) is 0 Å². The van der Waals surface area contributed by atoms with Crippen LogP contribution in [0.3, 0.4) is 0 Å². The molecule has 0 unspecified atom stereocenters. The van der Waals surface area contributed by atoms with Crippen LogP contribution in [0.5, 0.6) is 0 Å². The summed E-state index contributed by atoms with van der Waals surface area (Å²) in [6.45, 7) is -0.136. The van der Waals surface area contributed by atoms with Crippen LogP contribution < -0.4 is 5.56 Å². The van der Waals surface area contributed by atoms with E-state index in [1.54, 1.807) is 0 Å². The van der Waals surface area contributed by atoms with Crippen LogP contribution in [-0.4, -0.2) is 34.3 Å². The van der Waals surface area contributed by atoms with Gasteiger partial charge < -0.3 is 19.5 Å². The van der Waals surface area contributed by atoms with Crippen LogP contribution in [0.2, 0.25) is 0 Å². The molecule has 1 aliphatic heterocycles. The zero-order valence-corrected chi connectivity index (χ0v) is 11.1. The standard InChI is InChI=1S/C11H13BrFNO4/c12-7-3-8(11(13)5-18-6-11)10(17)14(4-7)2-1-9(15)16/h3-4,9,15-16H,1-2,5-6H2. The molecule has 0 amide bonds. The summed E-state index contributed by atoms with van der Waals surface area (Å²) >= 11 is 3.21. The van der Waals surface area contributed by atoms with Crippen LogP contribution in [0.1, 0.15) is 12.0 Å². The van der Waals surface area contributed by atoms with E-state index in [1.165, 1.54) is 16.8 Å². The molecule has 5 nitrogen and oxygen atoms in total. The van der Waals surface area contributed by atoms with Gasteiger partial charge in [0.25, 0.3) is 5.56 Å². The minimum atomic E-state index is -1.74. The molecule has 2 rings (SSSR count). The molecular weight excluding hydrogens is 309 g/mol. The van der Waals surface area contributed by atoms with Crippen LogP contribution in [0, 0.1) is 0 Å². The van der Waals surface area contributed by atoms with Gasteiger partial charge in [0.05, 0.1) is 18.8 Å². The molecule has 0 saturated carbocycles. The van der Waals surface area contributed by atoms with Crippen molar-refractivity contribution in [2.75, 3.05) is 13.2 Å². The Labute approximate surface area is 111 Å². The monoisotopic (exact) mass is 321 g/mol. The number of aromatic nitrogens is 1. The van der Waals surface area contributed by atoms with Gasteiger partial charge in [0.2, 0.25) is 0 Å². The Hall–Kier alpha value is -0.760. The van der Waals surface area contributed by atoms with Crippen molar-refractivity contribution in [3.8, 4) is 0 Å². The lowest BCUT2D eigenvalue weighted by atomic mass is 9.95. The van der Waals surface area contributed by atoms with Crippen LogP contribution in [0.4, 0.5) is 4.39 Å². The van der Waals surface area contributed by atoms with E-state index in [-0.39, 0.29) is 31.7 Å². The topological polar surface area (TPSA) is 71.7 Å². The number of alkyl halides is 1. The highest BCUT2D eigenvalue weighted by Gasteiger charge is 2.43. The summed E-state index contributed by atoms with van der Waals surface area (Å²) in [7, 11) is 0. The van der Waals surface area contributed by atoms with Crippen molar-refractivity contribution in [1.29, 1.82) is 0 Å². The van der Waals surface area contributed by atoms with Crippen molar-refractivity contribution in [2.24, 2.45) is 0 Å². The molecule has 1 aromatic rings. The third-order valence-electron chi connectivity index (χ3n) is 2.83. The van der Waals surface area contributed by atoms with Crippen molar-refractivity contribution in [3.63, 3.8) is 0 Å². The van der Waals surface area contributed by atoms with Crippen LogP contribution in [0.25, 0.3) is 0 Å². The van der Waals surface area contributed by atoms with Crippen molar-refractivity contribution < 1.29 is 19.3 Å². The summed E-state index contributed by atoms with van der Waals surface area (Å²) in [5, 5.41) is 17.6. The van der Waals surface area contributed by atoms with E-state index in [0.29, 0.717) is 4.47 Å². The van der Waals surface area contributed by atoms with Crippen LogP contribution >= 0.6 is 15.9 Å². The molecule has 1 aromatic heterocycles. The average Bonchev–Trinajstić information content (AvgIpc) is 2.26. The van der Waals surface area contributed by atoms with Gasteiger partial charge >= 0.3 is 0 Å². The quantitative estimate of drug-likeness (QED) is 0.792. The number of aliphatic hydroxyl groups is 2. The SMILES string of the molecule is O=c1c(C2(F)COC2)cc(Br)cn1CCC(O)O. The molecule has 0 aliphatic carbocycles. The van der Waals surface area contributed by atoms with Crippen LogP contribution in [-0.2, 0) is 17.0 Å².